The van der Waals surface area contributed by atoms with Gasteiger partial charge in [-0.25, -0.2) is 13.4 Å². The van der Waals surface area contributed by atoms with Gasteiger partial charge in [-0.15, -0.1) is 0 Å². The summed E-state index contributed by atoms with van der Waals surface area (Å²) in [6.45, 7) is 3.57. The third-order valence-corrected chi connectivity index (χ3v) is 4.23. The number of nitrogens with one attached hydrogen (secondary N) is 1. The molecule has 6 heteroatoms. The minimum Gasteiger partial charge on any atom is -0.399 e. The van der Waals surface area contributed by atoms with E-state index in [-0.39, 0.29) is 10.9 Å². The lowest BCUT2D eigenvalue weighted by Crippen LogP contribution is -2.07. The van der Waals surface area contributed by atoms with Crippen LogP contribution in [0.15, 0.2) is 29.4 Å². The van der Waals surface area contributed by atoms with Crippen LogP contribution < -0.4 is 5.73 Å². The van der Waals surface area contributed by atoms with Gasteiger partial charge in [-0.2, -0.15) is 0 Å². The molecule has 0 aliphatic carbocycles. The number of imidazole rings is 1. The lowest BCUT2D eigenvalue weighted by molar-refractivity contribution is 0.587. The van der Waals surface area contributed by atoms with Crippen LogP contribution >= 0.6 is 0 Å². The Labute approximate surface area is 106 Å². The van der Waals surface area contributed by atoms with Gasteiger partial charge in [0.15, 0.2) is 0 Å². The third-order valence-electron chi connectivity index (χ3n) is 2.74. The molecule has 0 aliphatic heterocycles. The maximum absolute atomic E-state index is 12.1. The molecule has 0 saturated heterocycles. The molecule has 18 heavy (non-hydrogen) atoms. The number of aromatic nitrogens is 2. The molecule has 5 nitrogen and oxygen atoms in total. The third kappa shape index (κ3) is 2.53. The van der Waals surface area contributed by atoms with Crippen molar-refractivity contribution in [2.45, 2.75) is 24.8 Å². The number of nitrogens with two attached hydrogens (primary N) is 1. The van der Waals surface area contributed by atoms with Gasteiger partial charge < -0.3 is 10.7 Å². The lowest BCUT2D eigenvalue weighted by Gasteiger charge is -2.02. The normalized spacial score (nSPS) is 11.7. The van der Waals surface area contributed by atoms with Gasteiger partial charge in [-0.3, -0.25) is 0 Å². The maximum Gasteiger partial charge on any atom is 0.225 e. The van der Waals surface area contributed by atoms with Crippen molar-refractivity contribution in [3.05, 3.63) is 41.2 Å². The topological polar surface area (TPSA) is 88.8 Å². The summed E-state index contributed by atoms with van der Waals surface area (Å²) in [5.74, 6) is -0.0837. The van der Waals surface area contributed by atoms with Crippen LogP contribution in [0.1, 0.15) is 17.0 Å². The summed E-state index contributed by atoms with van der Waals surface area (Å²) in [5, 5.41) is 0.0225. The number of nitrogens with zero attached hydrogens (tertiary/aromatic N) is 1. The van der Waals surface area contributed by atoms with Gasteiger partial charge in [0.2, 0.25) is 15.0 Å². The molecule has 0 aliphatic rings. The van der Waals surface area contributed by atoms with Gasteiger partial charge in [-0.05, 0) is 31.5 Å². The number of aryl methyl sites for hydroxylation is 2. The van der Waals surface area contributed by atoms with Crippen molar-refractivity contribution in [3.63, 3.8) is 0 Å². The fourth-order valence-corrected chi connectivity index (χ4v) is 2.92. The minimum atomic E-state index is -3.44. The standard InChI is InChI=1S/C12H15N3O2S/c1-8-9(2)15-12(14-8)18(16,17)7-10-3-5-11(13)6-4-10/h3-6H,7,13H2,1-2H3,(H,14,15). The Morgan fingerprint density at radius 2 is 1.83 bits per heavy atom. The molecule has 2 rings (SSSR count). The van der Waals surface area contributed by atoms with Gasteiger partial charge in [0, 0.05) is 11.4 Å². The number of sulfone groups is 1. The van der Waals surface area contributed by atoms with E-state index < -0.39 is 9.84 Å². The molecule has 0 amide bonds. The van der Waals surface area contributed by atoms with E-state index >= 15 is 0 Å². The van der Waals surface area contributed by atoms with Crippen molar-refractivity contribution < 1.29 is 8.42 Å². The Bertz CT molecular complexity index is 638. The quantitative estimate of drug-likeness (QED) is 0.825. The first-order valence-electron chi connectivity index (χ1n) is 5.49. The van der Waals surface area contributed by atoms with Crippen molar-refractivity contribution in [2.75, 3.05) is 5.73 Å². The highest BCUT2D eigenvalue weighted by atomic mass is 32.2. The summed E-state index contributed by atoms with van der Waals surface area (Å²) >= 11 is 0. The number of hydrogen-bond acceptors (Lipinski definition) is 4. The van der Waals surface area contributed by atoms with E-state index in [1.165, 1.54) is 0 Å². The number of aromatic amines is 1. The van der Waals surface area contributed by atoms with Gasteiger partial charge in [0.05, 0.1) is 11.4 Å². The molecular formula is C12H15N3O2S. The van der Waals surface area contributed by atoms with Crippen molar-refractivity contribution >= 4 is 15.5 Å². The predicted octanol–water partition coefficient (Wildman–Crippen LogP) is 1.58. The summed E-state index contributed by atoms with van der Waals surface area (Å²) in [5.41, 5.74) is 8.33. The van der Waals surface area contributed by atoms with Crippen LogP contribution in [0.5, 0.6) is 0 Å². The van der Waals surface area contributed by atoms with Crippen LogP contribution in [0, 0.1) is 13.8 Å². The number of anilines is 1. The second-order valence-electron chi connectivity index (χ2n) is 4.25. The molecular weight excluding hydrogens is 250 g/mol. The van der Waals surface area contributed by atoms with E-state index in [1.807, 2.05) is 0 Å². The monoisotopic (exact) mass is 265 g/mol. The van der Waals surface area contributed by atoms with E-state index in [0.29, 0.717) is 16.9 Å². The zero-order valence-corrected chi connectivity index (χ0v) is 11.1. The second-order valence-corrected chi connectivity index (χ2v) is 6.16. The molecule has 3 N–H and O–H groups in total. The van der Waals surface area contributed by atoms with Crippen LogP contribution in [0.2, 0.25) is 0 Å². The Balaban J connectivity index is 2.29. The molecule has 0 radical (unpaired) electrons. The lowest BCUT2D eigenvalue weighted by atomic mass is 10.2. The van der Waals surface area contributed by atoms with Crippen molar-refractivity contribution in [1.82, 2.24) is 9.97 Å². The summed E-state index contributed by atoms with van der Waals surface area (Å²) < 4.78 is 24.3. The van der Waals surface area contributed by atoms with Crippen molar-refractivity contribution in [3.8, 4) is 0 Å². The highest BCUT2D eigenvalue weighted by molar-refractivity contribution is 7.90. The van der Waals surface area contributed by atoms with Crippen LogP contribution in [0.25, 0.3) is 0 Å². The van der Waals surface area contributed by atoms with Crippen LogP contribution in [0.3, 0.4) is 0 Å². The van der Waals surface area contributed by atoms with Gasteiger partial charge >= 0.3 is 0 Å². The molecule has 0 fully saturated rings. The van der Waals surface area contributed by atoms with Crippen LogP contribution in [-0.2, 0) is 15.6 Å². The molecule has 96 valence electrons. The van der Waals surface area contributed by atoms with Crippen molar-refractivity contribution in [1.29, 1.82) is 0 Å². The van der Waals surface area contributed by atoms with Crippen molar-refractivity contribution in [2.24, 2.45) is 0 Å². The highest BCUT2D eigenvalue weighted by Gasteiger charge is 2.19. The average molecular weight is 265 g/mol. The predicted molar refractivity (Wildman–Crippen MR) is 69.8 cm³/mol. The smallest absolute Gasteiger partial charge is 0.225 e. The first-order chi connectivity index (χ1) is 8.38. The summed E-state index contributed by atoms with van der Waals surface area (Å²) in [6.07, 6.45) is 0. The zero-order chi connectivity index (χ0) is 13.3. The maximum atomic E-state index is 12.1. The molecule has 0 unspecified atom stereocenters. The number of hydrogen-bond donors (Lipinski definition) is 2. The molecule has 2 aromatic rings. The molecule has 0 saturated carbocycles. The fraction of sp³-hybridized carbons (Fsp3) is 0.250. The molecule has 0 bridgehead atoms. The number of rotatable bonds is 3. The van der Waals surface area contributed by atoms with Gasteiger partial charge in [0.25, 0.3) is 0 Å². The average Bonchev–Trinajstić information content (AvgIpc) is 2.63. The Morgan fingerprint density at radius 1 is 1.22 bits per heavy atom. The summed E-state index contributed by atoms with van der Waals surface area (Å²) in [4.78, 5) is 6.82. The molecule has 1 heterocycles. The van der Waals surface area contributed by atoms with E-state index in [2.05, 4.69) is 9.97 Å². The van der Waals surface area contributed by atoms with E-state index in [4.69, 9.17) is 5.73 Å². The van der Waals surface area contributed by atoms with Crippen LogP contribution in [0.4, 0.5) is 5.69 Å². The van der Waals surface area contributed by atoms with Crippen LogP contribution in [-0.4, -0.2) is 18.4 Å². The van der Waals surface area contributed by atoms with E-state index in [0.717, 1.165) is 5.69 Å². The summed E-state index contributed by atoms with van der Waals surface area (Å²) in [6, 6.07) is 6.78. The minimum absolute atomic E-state index is 0.0225. The molecule has 1 aromatic heterocycles. The Hall–Kier alpha value is -1.82. The zero-order valence-electron chi connectivity index (χ0n) is 10.3. The SMILES string of the molecule is Cc1nc(S(=O)(=O)Cc2ccc(N)cc2)[nH]c1C. The van der Waals surface area contributed by atoms with Gasteiger partial charge in [-0.1, -0.05) is 12.1 Å². The number of nitrogen functional groups attached to an aromatic ring is 1. The number of H-pyrrole nitrogens is 1. The first kappa shape index (κ1) is 12.6. The highest BCUT2D eigenvalue weighted by Crippen LogP contribution is 2.16. The Kier molecular flexibility index (Phi) is 3.13. The first-order valence-corrected chi connectivity index (χ1v) is 7.14. The number of benzene rings is 1. The summed E-state index contributed by atoms with van der Waals surface area (Å²) in [7, 11) is -3.44. The molecule has 1 aromatic carbocycles. The molecule has 0 spiro atoms. The second kappa shape index (κ2) is 4.45. The van der Waals surface area contributed by atoms with E-state index in [1.54, 1.807) is 38.1 Å². The van der Waals surface area contributed by atoms with E-state index in [9.17, 15) is 8.42 Å². The fourth-order valence-electron chi connectivity index (χ4n) is 1.56. The molecule has 0 atom stereocenters. The van der Waals surface area contributed by atoms with Gasteiger partial charge in [0.1, 0.15) is 0 Å². The largest absolute Gasteiger partial charge is 0.399 e. The Morgan fingerprint density at radius 3 is 2.33 bits per heavy atom.